The largest absolute Gasteiger partial charge is 0.508 e. The summed E-state index contributed by atoms with van der Waals surface area (Å²) >= 11 is 0. The Labute approximate surface area is 123 Å². The molecule has 1 amide bonds. The number of hydrogen-bond donors (Lipinski definition) is 3. The molecule has 2 aromatic rings. The van der Waals surface area contributed by atoms with Crippen LogP contribution in [-0.4, -0.2) is 47.1 Å². The molecule has 0 bridgehead atoms. The maximum absolute atomic E-state index is 12.5. The van der Waals surface area contributed by atoms with Gasteiger partial charge in [0.25, 0.3) is 5.91 Å². The summed E-state index contributed by atoms with van der Waals surface area (Å²) in [7, 11) is 3.38. The van der Waals surface area contributed by atoms with Gasteiger partial charge in [0.05, 0.1) is 24.8 Å². The van der Waals surface area contributed by atoms with E-state index in [2.05, 4.69) is 5.32 Å². The lowest BCUT2D eigenvalue weighted by atomic mass is 10.1. The first-order valence-electron chi connectivity index (χ1n) is 6.68. The highest BCUT2D eigenvalue weighted by Crippen LogP contribution is 2.28. The van der Waals surface area contributed by atoms with Crippen molar-refractivity contribution in [3.05, 3.63) is 29.5 Å². The summed E-state index contributed by atoms with van der Waals surface area (Å²) in [5.74, 6) is -0.183. The number of phenolic OH excluding ortho intramolecular Hbond substituents is 1. The van der Waals surface area contributed by atoms with Gasteiger partial charge in [0, 0.05) is 30.8 Å². The maximum Gasteiger partial charge on any atom is 0.254 e. The van der Waals surface area contributed by atoms with Crippen LogP contribution in [-0.2, 0) is 11.8 Å². The van der Waals surface area contributed by atoms with E-state index in [4.69, 9.17) is 4.74 Å². The Morgan fingerprint density at radius 3 is 2.81 bits per heavy atom. The number of aliphatic hydroxyl groups is 1. The first kappa shape index (κ1) is 15.3. The van der Waals surface area contributed by atoms with E-state index in [1.165, 1.54) is 7.11 Å². The Kier molecular flexibility index (Phi) is 4.50. The smallest absolute Gasteiger partial charge is 0.254 e. The molecule has 0 fully saturated rings. The third-order valence-electron chi connectivity index (χ3n) is 3.63. The van der Waals surface area contributed by atoms with Gasteiger partial charge in [-0.1, -0.05) is 0 Å². The molecule has 0 aliphatic carbocycles. The van der Waals surface area contributed by atoms with Gasteiger partial charge in [-0.15, -0.1) is 0 Å². The summed E-state index contributed by atoms with van der Waals surface area (Å²) in [5, 5.41) is 22.3. The Hall–Kier alpha value is -2.05. The fraction of sp³-hybridized carbons (Fsp3) is 0.400. The monoisotopic (exact) mass is 292 g/mol. The number of aromatic hydroxyl groups is 1. The number of aromatic nitrogens is 1. The standard InChI is InChI=1S/C15H20N2O4/c1-9-14(15(20)16-10(7-18)8-21-3)12-6-11(19)4-5-13(12)17(9)2/h4-6,10,18-19H,7-8H2,1-3H3,(H,16,20)/t10-/m0/s1. The summed E-state index contributed by atoms with van der Waals surface area (Å²) in [6.45, 7) is 1.88. The average Bonchev–Trinajstić information content (AvgIpc) is 2.69. The second kappa shape index (κ2) is 6.15. The van der Waals surface area contributed by atoms with Crippen LogP contribution in [0, 0.1) is 6.92 Å². The Morgan fingerprint density at radius 1 is 1.48 bits per heavy atom. The van der Waals surface area contributed by atoms with E-state index < -0.39 is 6.04 Å². The Balaban J connectivity index is 2.43. The first-order chi connectivity index (χ1) is 9.99. The zero-order chi connectivity index (χ0) is 15.6. The molecule has 21 heavy (non-hydrogen) atoms. The number of fused-ring (bicyclic) bond motifs is 1. The first-order valence-corrected chi connectivity index (χ1v) is 6.68. The molecule has 1 aromatic carbocycles. The summed E-state index contributed by atoms with van der Waals surface area (Å²) in [6, 6.07) is 4.47. The van der Waals surface area contributed by atoms with E-state index in [-0.39, 0.29) is 24.9 Å². The van der Waals surface area contributed by atoms with Gasteiger partial charge in [-0.05, 0) is 25.1 Å². The predicted octanol–water partition coefficient (Wildman–Crippen LogP) is 0.929. The summed E-state index contributed by atoms with van der Waals surface area (Å²) in [5.41, 5.74) is 2.16. The molecule has 0 saturated carbocycles. The third-order valence-corrected chi connectivity index (χ3v) is 3.63. The van der Waals surface area contributed by atoms with Crippen LogP contribution in [0.4, 0.5) is 0 Å². The van der Waals surface area contributed by atoms with Gasteiger partial charge in [0.1, 0.15) is 5.75 Å². The highest BCUT2D eigenvalue weighted by Gasteiger charge is 2.21. The van der Waals surface area contributed by atoms with Crippen LogP contribution < -0.4 is 5.32 Å². The number of aryl methyl sites for hydroxylation is 1. The quantitative estimate of drug-likeness (QED) is 0.765. The number of benzene rings is 1. The number of ether oxygens (including phenoxy) is 1. The fourth-order valence-corrected chi connectivity index (χ4v) is 2.45. The van der Waals surface area contributed by atoms with Crippen molar-refractivity contribution in [3.63, 3.8) is 0 Å². The van der Waals surface area contributed by atoms with Gasteiger partial charge in [0.15, 0.2) is 0 Å². The number of aliphatic hydroxyl groups excluding tert-OH is 1. The van der Waals surface area contributed by atoms with Crippen LogP contribution in [0.1, 0.15) is 16.1 Å². The molecular formula is C15H20N2O4. The van der Waals surface area contributed by atoms with Gasteiger partial charge >= 0.3 is 0 Å². The minimum atomic E-state index is -0.463. The van der Waals surface area contributed by atoms with Gasteiger partial charge < -0.3 is 24.8 Å². The lowest BCUT2D eigenvalue weighted by Gasteiger charge is -2.15. The molecule has 3 N–H and O–H groups in total. The van der Waals surface area contributed by atoms with E-state index >= 15 is 0 Å². The SMILES string of the molecule is COC[C@H](CO)NC(=O)c1c(C)n(C)c2ccc(O)cc12. The number of rotatable bonds is 5. The molecule has 0 spiro atoms. The van der Waals surface area contributed by atoms with Crippen LogP contribution in [0.3, 0.4) is 0 Å². The highest BCUT2D eigenvalue weighted by atomic mass is 16.5. The highest BCUT2D eigenvalue weighted by molar-refractivity contribution is 6.08. The Bertz CT molecular complexity index is 663. The fourth-order valence-electron chi connectivity index (χ4n) is 2.45. The molecule has 1 heterocycles. The van der Waals surface area contributed by atoms with Crippen molar-refractivity contribution in [2.75, 3.05) is 20.3 Å². The van der Waals surface area contributed by atoms with Crippen molar-refractivity contribution in [2.45, 2.75) is 13.0 Å². The molecule has 1 aromatic heterocycles. The zero-order valence-electron chi connectivity index (χ0n) is 12.4. The van der Waals surface area contributed by atoms with Crippen molar-refractivity contribution in [1.29, 1.82) is 0 Å². The van der Waals surface area contributed by atoms with Crippen LogP contribution in [0.2, 0.25) is 0 Å². The molecule has 114 valence electrons. The van der Waals surface area contributed by atoms with E-state index in [1.807, 2.05) is 18.5 Å². The second-order valence-electron chi connectivity index (χ2n) is 5.03. The van der Waals surface area contributed by atoms with E-state index in [0.29, 0.717) is 10.9 Å². The number of nitrogens with one attached hydrogen (secondary N) is 1. The number of phenols is 1. The minimum Gasteiger partial charge on any atom is -0.508 e. The van der Waals surface area contributed by atoms with Gasteiger partial charge in [-0.3, -0.25) is 4.79 Å². The summed E-state index contributed by atoms with van der Waals surface area (Å²) < 4.78 is 6.85. The summed E-state index contributed by atoms with van der Waals surface area (Å²) in [6.07, 6.45) is 0. The molecular weight excluding hydrogens is 272 g/mol. The van der Waals surface area contributed by atoms with Crippen LogP contribution in [0.15, 0.2) is 18.2 Å². The predicted molar refractivity (Wildman–Crippen MR) is 79.5 cm³/mol. The molecule has 0 radical (unpaired) electrons. The lowest BCUT2D eigenvalue weighted by Crippen LogP contribution is -2.40. The van der Waals surface area contributed by atoms with Crippen molar-refractivity contribution in [3.8, 4) is 5.75 Å². The van der Waals surface area contributed by atoms with Crippen LogP contribution in [0.25, 0.3) is 10.9 Å². The Morgan fingerprint density at radius 2 is 2.19 bits per heavy atom. The van der Waals surface area contributed by atoms with Gasteiger partial charge in [-0.2, -0.15) is 0 Å². The molecule has 0 saturated heterocycles. The molecule has 0 aliphatic heterocycles. The normalized spacial score (nSPS) is 12.6. The van der Waals surface area contributed by atoms with E-state index in [9.17, 15) is 15.0 Å². The molecule has 2 rings (SSSR count). The van der Waals surface area contributed by atoms with E-state index in [0.717, 1.165) is 11.2 Å². The average molecular weight is 292 g/mol. The molecule has 6 nitrogen and oxygen atoms in total. The van der Waals surface area contributed by atoms with Crippen LogP contribution >= 0.6 is 0 Å². The molecule has 6 heteroatoms. The van der Waals surface area contributed by atoms with Crippen molar-refractivity contribution in [2.24, 2.45) is 7.05 Å². The minimum absolute atomic E-state index is 0.109. The second-order valence-corrected chi connectivity index (χ2v) is 5.03. The molecule has 0 aliphatic rings. The van der Waals surface area contributed by atoms with Gasteiger partial charge in [-0.25, -0.2) is 0 Å². The number of nitrogens with zero attached hydrogens (tertiary/aromatic N) is 1. The lowest BCUT2D eigenvalue weighted by molar-refractivity contribution is 0.0840. The number of hydrogen-bond acceptors (Lipinski definition) is 4. The van der Waals surface area contributed by atoms with Crippen molar-refractivity contribution < 1.29 is 19.7 Å². The summed E-state index contributed by atoms with van der Waals surface area (Å²) in [4.78, 5) is 12.5. The van der Waals surface area contributed by atoms with Gasteiger partial charge in [0.2, 0.25) is 0 Å². The molecule has 1 atom stereocenters. The van der Waals surface area contributed by atoms with E-state index in [1.54, 1.807) is 18.2 Å². The molecule has 0 unspecified atom stereocenters. The topological polar surface area (TPSA) is 83.7 Å². The van der Waals surface area contributed by atoms with Crippen molar-refractivity contribution in [1.82, 2.24) is 9.88 Å². The maximum atomic E-state index is 12.5. The number of methoxy groups -OCH3 is 1. The van der Waals surface area contributed by atoms with Crippen LogP contribution in [0.5, 0.6) is 5.75 Å². The third kappa shape index (κ3) is 2.86. The zero-order valence-corrected chi connectivity index (χ0v) is 12.4. The number of carbonyl (C=O) groups excluding carboxylic acids is 1. The number of amides is 1. The number of carbonyl (C=O) groups is 1. The van der Waals surface area contributed by atoms with Crippen molar-refractivity contribution >= 4 is 16.8 Å².